The molecule has 3 heteroatoms. The van der Waals surface area contributed by atoms with Crippen molar-refractivity contribution in [1.82, 2.24) is 4.90 Å². The molecule has 2 aromatic carbocycles. The van der Waals surface area contributed by atoms with Gasteiger partial charge in [0.1, 0.15) is 12.4 Å². The number of carbonyl (C=O) groups is 1. The maximum atomic E-state index is 12.7. The summed E-state index contributed by atoms with van der Waals surface area (Å²) in [5, 5.41) is 0. The Morgan fingerprint density at radius 2 is 1.52 bits per heavy atom. The van der Waals surface area contributed by atoms with Gasteiger partial charge in [-0.1, -0.05) is 81.5 Å². The van der Waals surface area contributed by atoms with Crippen molar-refractivity contribution in [2.24, 2.45) is 0 Å². The van der Waals surface area contributed by atoms with Crippen LogP contribution in [-0.2, 0) is 17.9 Å². The molecule has 0 aliphatic rings. The number of amides is 1. The van der Waals surface area contributed by atoms with E-state index in [1.165, 1.54) is 25.7 Å². The quantitative estimate of drug-likeness (QED) is 0.351. The van der Waals surface area contributed by atoms with Crippen molar-refractivity contribution in [2.75, 3.05) is 0 Å². The molecule has 158 valence electrons. The van der Waals surface area contributed by atoms with Gasteiger partial charge in [-0.25, -0.2) is 0 Å². The smallest absolute Gasteiger partial charge is 0.223 e. The van der Waals surface area contributed by atoms with Crippen LogP contribution in [0.25, 0.3) is 0 Å². The summed E-state index contributed by atoms with van der Waals surface area (Å²) in [6, 6.07) is 18.5. The molecule has 0 aliphatic heterocycles. The Morgan fingerprint density at radius 3 is 2.17 bits per heavy atom. The van der Waals surface area contributed by atoms with Crippen LogP contribution in [0.4, 0.5) is 0 Å². The van der Waals surface area contributed by atoms with Crippen molar-refractivity contribution >= 4 is 5.91 Å². The summed E-state index contributed by atoms with van der Waals surface area (Å²) in [7, 11) is 0. The van der Waals surface area contributed by atoms with Gasteiger partial charge >= 0.3 is 0 Å². The molecule has 0 heterocycles. The number of rotatable bonds is 13. The fraction of sp³-hybridized carbons (Fsp3) is 0.500. The monoisotopic (exact) mass is 395 g/mol. The van der Waals surface area contributed by atoms with Gasteiger partial charge in [0.05, 0.1) is 0 Å². The molecular weight excluding hydrogens is 358 g/mol. The van der Waals surface area contributed by atoms with Gasteiger partial charge in [-0.2, -0.15) is 0 Å². The minimum atomic E-state index is 0.205. The zero-order valence-electron chi connectivity index (χ0n) is 18.4. The van der Waals surface area contributed by atoms with E-state index in [2.05, 4.69) is 45.0 Å². The molecule has 0 bridgehead atoms. The fourth-order valence-electron chi connectivity index (χ4n) is 3.39. The van der Waals surface area contributed by atoms with Crippen molar-refractivity contribution in [3.05, 3.63) is 65.7 Å². The summed E-state index contributed by atoms with van der Waals surface area (Å²) in [6.07, 6.45) is 7.91. The summed E-state index contributed by atoms with van der Waals surface area (Å²) < 4.78 is 5.86. The summed E-state index contributed by atoms with van der Waals surface area (Å²) in [5.74, 6) is 1.12. The first-order valence-electron chi connectivity index (χ1n) is 11.1. The van der Waals surface area contributed by atoms with Crippen LogP contribution in [0, 0.1) is 0 Å². The zero-order valence-corrected chi connectivity index (χ0v) is 18.4. The first-order chi connectivity index (χ1) is 14.1. The minimum absolute atomic E-state index is 0.205. The van der Waals surface area contributed by atoms with Crippen molar-refractivity contribution in [1.29, 1.82) is 0 Å². The van der Waals surface area contributed by atoms with E-state index in [-0.39, 0.29) is 11.9 Å². The molecule has 0 radical (unpaired) electrons. The second-order valence-electron chi connectivity index (χ2n) is 8.05. The zero-order chi connectivity index (χ0) is 20.9. The van der Waals surface area contributed by atoms with Crippen LogP contribution in [0.3, 0.4) is 0 Å². The Kier molecular flexibility index (Phi) is 10.3. The highest BCUT2D eigenvalue weighted by Gasteiger charge is 2.17. The Morgan fingerprint density at radius 1 is 0.862 bits per heavy atom. The van der Waals surface area contributed by atoms with Gasteiger partial charge in [0.15, 0.2) is 0 Å². The van der Waals surface area contributed by atoms with Gasteiger partial charge in [-0.15, -0.1) is 0 Å². The molecule has 2 rings (SSSR count). The molecule has 0 aliphatic carbocycles. The molecule has 0 fully saturated rings. The van der Waals surface area contributed by atoms with Crippen LogP contribution in [0.5, 0.6) is 5.75 Å². The van der Waals surface area contributed by atoms with Crippen LogP contribution < -0.4 is 4.74 Å². The van der Waals surface area contributed by atoms with Crippen molar-refractivity contribution in [2.45, 2.75) is 84.9 Å². The summed E-state index contributed by atoms with van der Waals surface area (Å²) in [6.45, 7) is 7.64. The average molecular weight is 396 g/mol. The summed E-state index contributed by atoms with van der Waals surface area (Å²) >= 11 is 0. The van der Waals surface area contributed by atoms with Crippen LogP contribution in [0.2, 0.25) is 0 Å². The van der Waals surface area contributed by atoms with Gasteiger partial charge in [-0.05, 0) is 43.5 Å². The molecule has 2 aromatic rings. The number of ether oxygens (including phenoxy) is 1. The summed E-state index contributed by atoms with van der Waals surface area (Å²) in [4.78, 5) is 14.7. The largest absolute Gasteiger partial charge is 0.489 e. The third-order valence-corrected chi connectivity index (χ3v) is 5.21. The highest BCUT2D eigenvalue weighted by Crippen LogP contribution is 2.18. The predicted octanol–water partition coefficient (Wildman–Crippen LogP) is 6.75. The second kappa shape index (κ2) is 13.0. The lowest BCUT2D eigenvalue weighted by molar-refractivity contribution is -0.133. The van der Waals surface area contributed by atoms with Gasteiger partial charge in [-0.3, -0.25) is 4.79 Å². The van der Waals surface area contributed by atoms with Gasteiger partial charge in [0.2, 0.25) is 5.91 Å². The maximum absolute atomic E-state index is 12.7. The van der Waals surface area contributed by atoms with Crippen LogP contribution in [-0.4, -0.2) is 16.8 Å². The minimum Gasteiger partial charge on any atom is -0.489 e. The number of hydrogen-bond donors (Lipinski definition) is 0. The van der Waals surface area contributed by atoms with Crippen molar-refractivity contribution in [3.8, 4) is 5.75 Å². The van der Waals surface area contributed by atoms with E-state index < -0.39 is 0 Å². The van der Waals surface area contributed by atoms with Gasteiger partial charge in [0.25, 0.3) is 0 Å². The molecule has 0 unspecified atom stereocenters. The van der Waals surface area contributed by atoms with Gasteiger partial charge < -0.3 is 9.64 Å². The lowest BCUT2D eigenvalue weighted by atomic mass is 10.1. The lowest BCUT2D eigenvalue weighted by Gasteiger charge is -2.27. The number of carbonyl (C=O) groups excluding carboxylic acids is 1. The molecule has 3 nitrogen and oxygen atoms in total. The van der Waals surface area contributed by atoms with Crippen LogP contribution >= 0.6 is 0 Å². The molecule has 0 N–H and O–H groups in total. The van der Waals surface area contributed by atoms with E-state index in [9.17, 15) is 4.79 Å². The first kappa shape index (κ1) is 23.0. The van der Waals surface area contributed by atoms with E-state index in [1.54, 1.807) is 0 Å². The number of nitrogens with zero attached hydrogens (tertiary/aromatic N) is 1. The molecule has 1 amide bonds. The topological polar surface area (TPSA) is 29.5 Å². The average Bonchev–Trinajstić information content (AvgIpc) is 2.74. The Hall–Kier alpha value is -2.29. The van der Waals surface area contributed by atoms with Crippen LogP contribution in [0.15, 0.2) is 54.6 Å². The lowest BCUT2D eigenvalue weighted by Crippen LogP contribution is -2.36. The molecule has 0 saturated heterocycles. The Balaban J connectivity index is 1.80. The molecule has 29 heavy (non-hydrogen) atoms. The summed E-state index contributed by atoms with van der Waals surface area (Å²) in [5.41, 5.74) is 2.30. The SMILES string of the molecule is CCCCCCCCC(=O)N(Cc1ccc(OCc2ccccc2)cc1)C(C)C. The molecule has 0 atom stereocenters. The van der Waals surface area contributed by atoms with E-state index in [4.69, 9.17) is 4.74 Å². The Bertz CT molecular complexity index is 694. The fourth-order valence-corrected chi connectivity index (χ4v) is 3.39. The second-order valence-corrected chi connectivity index (χ2v) is 8.05. The standard InChI is InChI=1S/C26H37NO2/c1-4-5-6-7-8-12-15-26(28)27(22(2)3)20-23-16-18-25(19-17-23)29-21-24-13-10-9-11-14-24/h9-11,13-14,16-19,22H,4-8,12,15,20-21H2,1-3H3. The molecule has 0 saturated carbocycles. The predicted molar refractivity (Wildman–Crippen MR) is 121 cm³/mol. The van der Waals surface area contributed by atoms with E-state index in [0.717, 1.165) is 29.7 Å². The van der Waals surface area contributed by atoms with Crippen molar-refractivity contribution < 1.29 is 9.53 Å². The molecule has 0 spiro atoms. The number of benzene rings is 2. The number of unbranched alkanes of at least 4 members (excludes halogenated alkanes) is 5. The first-order valence-corrected chi connectivity index (χ1v) is 11.1. The normalized spacial score (nSPS) is 10.9. The van der Waals surface area contributed by atoms with Gasteiger partial charge in [0, 0.05) is 19.0 Å². The van der Waals surface area contributed by atoms with E-state index in [1.807, 2.05) is 35.2 Å². The highest BCUT2D eigenvalue weighted by atomic mass is 16.5. The Labute approximate surface area is 177 Å². The third kappa shape index (κ3) is 8.72. The van der Waals surface area contributed by atoms with E-state index >= 15 is 0 Å². The molecule has 0 aromatic heterocycles. The highest BCUT2D eigenvalue weighted by molar-refractivity contribution is 5.76. The maximum Gasteiger partial charge on any atom is 0.223 e. The van der Waals surface area contributed by atoms with Crippen LogP contribution in [0.1, 0.15) is 76.8 Å². The molecular formula is C26H37NO2. The van der Waals surface area contributed by atoms with Crippen molar-refractivity contribution in [3.63, 3.8) is 0 Å². The van der Waals surface area contributed by atoms with E-state index in [0.29, 0.717) is 19.6 Å². The number of hydrogen-bond acceptors (Lipinski definition) is 2. The third-order valence-electron chi connectivity index (χ3n) is 5.21.